The molecule has 0 atom stereocenters. The molecule has 0 rings (SSSR count). The zero-order valence-corrected chi connectivity index (χ0v) is 21.6. The van der Waals surface area contributed by atoms with Gasteiger partial charge in [0.2, 0.25) is 0 Å². The predicted molar refractivity (Wildman–Crippen MR) is 118 cm³/mol. The molecule has 174 valence electrons. The fourth-order valence-electron chi connectivity index (χ4n) is 2.13. The maximum absolute atomic E-state index is 11.2. The Morgan fingerprint density at radius 2 is 1.21 bits per heavy atom. The lowest BCUT2D eigenvalue weighted by molar-refractivity contribution is -0.139. The highest BCUT2D eigenvalue weighted by Gasteiger charge is 2.39. The van der Waals surface area contributed by atoms with Gasteiger partial charge in [-0.05, 0) is 54.9 Å². The zero-order valence-electron chi connectivity index (χ0n) is 19.4. The molecule has 0 heterocycles. The van der Waals surface area contributed by atoms with Crippen molar-refractivity contribution in [2.75, 3.05) is 46.2 Å². The molecule has 0 aromatic heterocycles. The third-order valence-corrected chi connectivity index (χ3v) is 8.18. The van der Waals surface area contributed by atoms with Crippen LogP contribution in [0.3, 0.4) is 0 Å². The molecule has 29 heavy (non-hydrogen) atoms. The molecule has 0 saturated heterocycles. The molecular formula is C19H42O8Si2. The van der Waals surface area contributed by atoms with E-state index >= 15 is 0 Å². The Balaban J connectivity index is 0. The van der Waals surface area contributed by atoms with Crippen molar-refractivity contribution in [3.8, 4) is 0 Å². The number of carbonyl (C=O) groups is 1. The Labute approximate surface area is 180 Å². The fraction of sp³-hybridized carbons (Fsp3) is 0.842. The molecule has 0 aliphatic heterocycles. The van der Waals surface area contributed by atoms with Gasteiger partial charge >= 0.3 is 24.3 Å². The van der Waals surface area contributed by atoms with Gasteiger partial charge in [-0.15, -0.1) is 0 Å². The average Bonchev–Trinajstić information content (AvgIpc) is 2.67. The number of hydrogen-bond acceptors (Lipinski definition) is 8. The summed E-state index contributed by atoms with van der Waals surface area (Å²) in [5.41, 5.74) is 0.405. The van der Waals surface area contributed by atoms with Crippen LogP contribution in [0.1, 0.15) is 54.9 Å². The van der Waals surface area contributed by atoms with Gasteiger partial charge in [-0.3, -0.25) is 0 Å². The normalized spacial score (nSPS) is 11.2. The van der Waals surface area contributed by atoms with Crippen molar-refractivity contribution in [1.82, 2.24) is 0 Å². The summed E-state index contributed by atoms with van der Waals surface area (Å²) in [6.45, 7) is 20.8. The van der Waals surface area contributed by atoms with E-state index in [1.165, 1.54) is 0 Å². The Kier molecular flexibility index (Phi) is 21.8. The molecule has 0 aromatic rings. The van der Waals surface area contributed by atoms with Crippen LogP contribution in [-0.2, 0) is 36.1 Å². The topological polar surface area (TPSA) is 81.7 Å². The van der Waals surface area contributed by atoms with E-state index in [0.717, 1.165) is 0 Å². The van der Waals surface area contributed by atoms with Crippen molar-refractivity contribution >= 4 is 24.3 Å². The first-order chi connectivity index (χ1) is 13.9. The van der Waals surface area contributed by atoms with E-state index < -0.39 is 18.3 Å². The van der Waals surface area contributed by atoms with E-state index in [0.29, 0.717) is 64.3 Å². The highest BCUT2D eigenvalue weighted by Crippen LogP contribution is 2.18. The minimum atomic E-state index is -2.61. The van der Waals surface area contributed by atoms with E-state index in [4.69, 9.17) is 31.3 Å². The van der Waals surface area contributed by atoms with Crippen LogP contribution in [-0.4, -0.2) is 70.5 Å². The van der Waals surface area contributed by atoms with E-state index in [1.807, 2.05) is 41.5 Å². The molecule has 0 spiro atoms. The lowest BCUT2D eigenvalue weighted by atomic mass is 10.4. The third-order valence-electron chi connectivity index (χ3n) is 3.21. The minimum Gasteiger partial charge on any atom is -0.462 e. The van der Waals surface area contributed by atoms with Crippen molar-refractivity contribution < 1.29 is 36.1 Å². The second kappa shape index (κ2) is 20.7. The summed E-state index contributed by atoms with van der Waals surface area (Å²) in [5, 5.41) is 0. The summed E-state index contributed by atoms with van der Waals surface area (Å²) < 4.78 is 37.8. The first-order valence-corrected chi connectivity index (χ1v) is 13.8. The summed E-state index contributed by atoms with van der Waals surface area (Å²) in [7, 11) is -4.34. The first kappa shape index (κ1) is 30.6. The Morgan fingerprint density at radius 3 is 1.52 bits per heavy atom. The summed E-state index contributed by atoms with van der Waals surface area (Å²) >= 11 is 0. The molecule has 0 fully saturated rings. The lowest BCUT2D eigenvalue weighted by Gasteiger charge is -2.28. The number of hydrogen-bond donors (Lipinski definition) is 0. The van der Waals surface area contributed by atoms with Crippen LogP contribution in [0.2, 0.25) is 6.04 Å². The Morgan fingerprint density at radius 1 is 0.793 bits per heavy atom. The first-order valence-electron chi connectivity index (χ1n) is 10.4. The van der Waals surface area contributed by atoms with Crippen molar-refractivity contribution in [2.45, 2.75) is 60.9 Å². The quantitative estimate of drug-likeness (QED) is 0.143. The number of esters is 1. The zero-order chi connectivity index (χ0) is 22.5. The second-order valence-electron chi connectivity index (χ2n) is 5.66. The van der Waals surface area contributed by atoms with Crippen molar-refractivity contribution in [2.24, 2.45) is 0 Å². The molecule has 0 aliphatic carbocycles. The second-order valence-corrected chi connectivity index (χ2v) is 9.97. The van der Waals surface area contributed by atoms with Gasteiger partial charge in [0.1, 0.15) is 0 Å². The average molecular weight is 455 g/mol. The van der Waals surface area contributed by atoms with E-state index in [-0.39, 0.29) is 5.97 Å². The van der Waals surface area contributed by atoms with Crippen LogP contribution < -0.4 is 0 Å². The van der Waals surface area contributed by atoms with Gasteiger partial charge in [0, 0.05) is 51.3 Å². The van der Waals surface area contributed by atoms with Crippen LogP contribution in [0.25, 0.3) is 0 Å². The third kappa shape index (κ3) is 16.8. The molecule has 0 unspecified atom stereocenters. The van der Waals surface area contributed by atoms with Gasteiger partial charge in [0.25, 0.3) is 0 Å². The van der Waals surface area contributed by atoms with E-state index in [9.17, 15) is 4.79 Å². The summed E-state index contributed by atoms with van der Waals surface area (Å²) in [4.78, 5) is 11.2. The molecular weight excluding hydrogens is 412 g/mol. The van der Waals surface area contributed by atoms with E-state index in [2.05, 4.69) is 6.58 Å². The van der Waals surface area contributed by atoms with Gasteiger partial charge in [-0.25, -0.2) is 4.79 Å². The fourth-order valence-corrected chi connectivity index (χ4v) is 5.82. The number of ether oxygens (including phenoxy) is 1. The maximum atomic E-state index is 11.2. The summed E-state index contributed by atoms with van der Waals surface area (Å²) in [5.74, 6) is -0.364. The molecule has 0 radical (unpaired) electrons. The standard InChI is InChI=1S/C13H26O5Si.C6H16O3Si/c1-6-16-19(17-7-2,18-8-3)11-9-10-15-13(14)12(4)5;1-4-7-10(8-5-2)9-6-3/h4,6-11H2,1-3,5H3;10H,4-6H2,1-3H3. The molecule has 0 amide bonds. The van der Waals surface area contributed by atoms with Crippen molar-refractivity contribution in [3.63, 3.8) is 0 Å². The van der Waals surface area contributed by atoms with E-state index in [1.54, 1.807) is 6.92 Å². The number of carbonyl (C=O) groups excluding carboxylic acids is 1. The Bertz CT molecular complexity index is 378. The van der Waals surface area contributed by atoms with Gasteiger partial charge in [0.05, 0.1) is 6.61 Å². The van der Waals surface area contributed by atoms with Crippen LogP contribution >= 0.6 is 0 Å². The lowest BCUT2D eigenvalue weighted by Crippen LogP contribution is -2.46. The van der Waals surface area contributed by atoms with Gasteiger partial charge in [-0.2, -0.15) is 0 Å². The number of rotatable bonds is 17. The van der Waals surface area contributed by atoms with Crippen LogP contribution in [0.15, 0.2) is 12.2 Å². The molecule has 8 nitrogen and oxygen atoms in total. The van der Waals surface area contributed by atoms with Crippen LogP contribution in [0, 0.1) is 0 Å². The molecule has 0 aromatic carbocycles. The van der Waals surface area contributed by atoms with Gasteiger partial charge in [0.15, 0.2) is 0 Å². The smallest absolute Gasteiger partial charge is 0.462 e. The monoisotopic (exact) mass is 454 g/mol. The van der Waals surface area contributed by atoms with Crippen molar-refractivity contribution in [3.05, 3.63) is 12.2 Å². The van der Waals surface area contributed by atoms with Gasteiger partial charge < -0.3 is 31.3 Å². The molecule has 0 bridgehead atoms. The molecule has 10 heteroatoms. The summed E-state index contributed by atoms with van der Waals surface area (Å²) in [6.07, 6.45) is 0.658. The molecule has 0 saturated carbocycles. The molecule has 0 aliphatic rings. The highest BCUT2D eigenvalue weighted by atomic mass is 28.4. The highest BCUT2D eigenvalue weighted by molar-refractivity contribution is 6.60. The largest absolute Gasteiger partial charge is 0.501 e. The maximum Gasteiger partial charge on any atom is 0.501 e. The van der Waals surface area contributed by atoms with Crippen LogP contribution in [0.4, 0.5) is 0 Å². The van der Waals surface area contributed by atoms with Crippen molar-refractivity contribution in [1.29, 1.82) is 0 Å². The van der Waals surface area contributed by atoms with Gasteiger partial charge in [-0.1, -0.05) is 6.58 Å². The summed E-state index contributed by atoms with van der Waals surface area (Å²) in [6, 6.07) is 0.645. The van der Waals surface area contributed by atoms with Crippen LogP contribution in [0.5, 0.6) is 0 Å². The minimum absolute atomic E-state index is 0.327. The molecule has 0 N–H and O–H groups in total. The predicted octanol–water partition coefficient (Wildman–Crippen LogP) is 3.36. The Hall–Kier alpha value is -0.596. The SMILES string of the molecule is C=C(C)C(=O)OCCC[Si](OCC)(OCC)OCC.CCO[SiH](OCC)OCC.